The summed E-state index contributed by atoms with van der Waals surface area (Å²) in [6.45, 7) is 3.07. The van der Waals surface area contributed by atoms with E-state index in [4.69, 9.17) is 15.2 Å². The zero-order chi connectivity index (χ0) is 15.0. The topological polar surface area (TPSA) is 81.9 Å². The van der Waals surface area contributed by atoms with Gasteiger partial charge in [0.25, 0.3) is 0 Å². The van der Waals surface area contributed by atoms with Crippen molar-refractivity contribution in [1.29, 1.82) is 0 Å². The van der Waals surface area contributed by atoms with E-state index >= 15 is 0 Å². The Morgan fingerprint density at radius 1 is 1.20 bits per heavy atom. The Kier molecular flexibility index (Phi) is 6.77. The molecule has 0 unspecified atom stereocenters. The molecule has 0 heterocycles. The summed E-state index contributed by atoms with van der Waals surface area (Å²) in [7, 11) is -1.77. The van der Waals surface area contributed by atoms with Crippen LogP contribution < -0.4 is 10.5 Å². The molecular weight excluding hydrogens is 280 g/mol. The third kappa shape index (κ3) is 5.36. The first-order valence-corrected chi connectivity index (χ1v) is 8.05. The molecule has 0 saturated carbocycles. The Balaban J connectivity index is 2.47. The minimum absolute atomic E-state index is 0.0606. The van der Waals surface area contributed by atoms with Crippen LogP contribution in [0.15, 0.2) is 24.3 Å². The Hall–Kier alpha value is -1.31. The van der Waals surface area contributed by atoms with E-state index in [9.17, 15) is 8.42 Å². The largest absolute Gasteiger partial charge is 0.492 e. The number of nitrogens with zero attached hydrogens (tertiary/aromatic N) is 1. The maximum absolute atomic E-state index is 12.1. The highest BCUT2D eigenvalue weighted by Crippen LogP contribution is 2.13. The second-order valence-electron chi connectivity index (χ2n) is 4.22. The van der Waals surface area contributed by atoms with E-state index in [1.165, 1.54) is 4.31 Å². The lowest BCUT2D eigenvalue weighted by molar-refractivity contribution is 0.180. The van der Waals surface area contributed by atoms with E-state index in [2.05, 4.69) is 0 Å². The molecule has 0 aliphatic carbocycles. The van der Waals surface area contributed by atoms with Crippen molar-refractivity contribution in [2.45, 2.75) is 6.92 Å². The molecular formula is C13H22N2O4S. The molecule has 1 rings (SSSR count). The van der Waals surface area contributed by atoms with Crippen LogP contribution in [0.1, 0.15) is 6.92 Å². The summed E-state index contributed by atoms with van der Waals surface area (Å²) in [5.74, 6) is 0.545. The van der Waals surface area contributed by atoms with Crippen molar-refractivity contribution in [3.63, 3.8) is 0 Å². The van der Waals surface area contributed by atoms with E-state index < -0.39 is 10.0 Å². The molecule has 114 valence electrons. The molecule has 1 aromatic rings. The van der Waals surface area contributed by atoms with Gasteiger partial charge in [-0.1, -0.05) is 6.92 Å². The average Bonchev–Trinajstić information content (AvgIpc) is 2.41. The lowest BCUT2D eigenvalue weighted by Crippen LogP contribution is -2.36. The number of likely N-dealkylation sites (N-methyl/N-ethyl adjacent to an activating group) is 1. The van der Waals surface area contributed by atoms with E-state index in [0.29, 0.717) is 31.1 Å². The zero-order valence-electron chi connectivity index (χ0n) is 11.9. The van der Waals surface area contributed by atoms with Crippen LogP contribution in [0, 0.1) is 0 Å². The smallest absolute Gasteiger partial charge is 0.217 e. The van der Waals surface area contributed by atoms with E-state index in [0.717, 1.165) is 0 Å². The third-order valence-corrected chi connectivity index (χ3v) is 4.69. The van der Waals surface area contributed by atoms with Gasteiger partial charge in [-0.2, -0.15) is 4.31 Å². The monoisotopic (exact) mass is 302 g/mol. The number of ether oxygens (including phenoxy) is 2. The predicted octanol–water partition coefficient (Wildman–Crippen LogP) is 0.946. The molecule has 6 nitrogen and oxygen atoms in total. The van der Waals surface area contributed by atoms with Crippen molar-refractivity contribution in [3.8, 4) is 5.75 Å². The van der Waals surface area contributed by atoms with Gasteiger partial charge in [-0.3, -0.25) is 0 Å². The second kappa shape index (κ2) is 8.08. The quantitative estimate of drug-likeness (QED) is 0.687. The highest BCUT2D eigenvalue weighted by Gasteiger charge is 2.19. The second-order valence-corrected chi connectivity index (χ2v) is 6.31. The Morgan fingerprint density at radius 3 is 2.40 bits per heavy atom. The minimum atomic E-state index is -3.32. The third-order valence-electron chi connectivity index (χ3n) is 2.78. The van der Waals surface area contributed by atoms with Crippen LogP contribution in [0.4, 0.5) is 5.69 Å². The lowest BCUT2D eigenvalue weighted by Gasteiger charge is -2.20. The molecule has 0 atom stereocenters. The maximum Gasteiger partial charge on any atom is 0.217 e. The highest BCUT2D eigenvalue weighted by atomic mass is 32.2. The van der Waals surface area contributed by atoms with Crippen molar-refractivity contribution in [2.24, 2.45) is 0 Å². The van der Waals surface area contributed by atoms with E-state index in [-0.39, 0.29) is 12.4 Å². The molecule has 0 aliphatic rings. The van der Waals surface area contributed by atoms with Gasteiger partial charge in [-0.25, -0.2) is 8.42 Å². The fourth-order valence-electron chi connectivity index (χ4n) is 1.64. The van der Waals surface area contributed by atoms with Gasteiger partial charge in [0.05, 0.1) is 12.4 Å². The molecule has 0 bridgehead atoms. The summed E-state index contributed by atoms with van der Waals surface area (Å²) >= 11 is 0. The first-order chi connectivity index (χ1) is 9.49. The van der Waals surface area contributed by atoms with E-state index in [1.807, 2.05) is 0 Å². The van der Waals surface area contributed by atoms with Gasteiger partial charge < -0.3 is 15.2 Å². The summed E-state index contributed by atoms with van der Waals surface area (Å²) in [6, 6.07) is 6.84. The lowest BCUT2D eigenvalue weighted by atomic mass is 10.3. The van der Waals surface area contributed by atoms with Crippen molar-refractivity contribution in [2.75, 3.05) is 44.9 Å². The van der Waals surface area contributed by atoms with Crippen LogP contribution in [0.5, 0.6) is 5.75 Å². The molecule has 0 radical (unpaired) electrons. The van der Waals surface area contributed by atoms with Crippen molar-refractivity contribution >= 4 is 15.7 Å². The number of anilines is 1. The normalized spacial score (nSPS) is 11.8. The number of nitrogens with two attached hydrogens (primary N) is 1. The van der Waals surface area contributed by atoms with Gasteiger partial charge in [-0.05, 0) is 24.3 Å². The molecule has 0 spiro atoms. The molecule has 1 aromatic carbocycles. The standard InChI is InChI=1S/C13H22N2O4S/c1-3-15(8-9-18-2)20(16,17)11-10-19-13-6-4-12(14)5-7-13/h4-7H,3,8-11,14H2,1-2H3. The van der Waals surface area contributed by atoms with Gasteiger partial charge in [-0.15, -0.1) is 0 Å². The number of hydrogen-bond donors (Lipinski definition) is 1. The Labute approximate surface area is 120 Å². The van der Waals surface area contributed by atoms with Crippen LogP contribution >= 0.6 is 0 Å². The zero-order valence-corrected chi connectivity index (χ0v) is 12.7. The summed E-state index contributed by atoms with van der Waals surface area (Å²) in [4.78, 5) is 0. The van der Waals surface area contributed by atoms with Crippen molar-refractivity contribution in [3.05, 3.63) is 24.3 Å². The summed E-state index contributed by atoms with van der Waals surface area (Å²) < 4.78 is 35.9. The van der Waals surface area contributed by atoms with Gasteiger partial charge in [0.2, 0.25) is 10.0 Å². The first kappa shape index (κ1) is 16.7. The van der Waals surface area contributed by atoms with Crippen LogP contribution in [0.25, 0.3) is 0 Å². The SMILES string of the molecule is CCN(CCOC)S(=O)(=O)CCOc1ccc(N)cc1. The molecule has 7 heteroatoms. The molecule has 0 aromatic heterocycles. The maximum atomic E-state index is 12.1. The molecule has 0 amide bonds. The number of methoxy groups -OCH3 is 1. The Bertz CT molecular complexity index is 488. The van der Waals surface area contributed by atoms with E-state index in [1.54, 1.807) is 38.3 Å². The van der Waals surface area contributed by atoms with Crippen molar-refractivity contribution in [1.82, 2.24) is 4.31 Å². The van der Waals surface area contributed by atoms with Crippen LogP contribution in [-0.2, 0) is 14.8 Å². The number of hydrogen-bond acceptors (Lipinski definition) is 5. The number of benzene rings is 1. The molecule has 0 aliphatic heterocycles. The number of sulfonamides is 1. The molecule has 0 fully saturated rings. The van der Waals surface area contributed by atoms with Gasteiger partial charge >= 0.3 is 0 Å². The minimum Gasteiger partial charge on any atom is -0.492 e. The predicted molar refractivity (Wildman–Crippen MR) is 79.3 cm³/mol. The summed E-state index contributed by atoms with van der Waals surface area (Å²) in [5, 5.41) is 0. The van der Waals surface area contributed by atoms with Crippen LogP contribution in [-0.4, -0.2) is 51.9 Å². The summed E-state index contributed by atoms with van der Waals surface area (Å²) in [5.41, 5.74) is 6.20. The average molecular weight is 302 g/mol. The highest BCUT2D eigenvalue weighted by molar-refractivity contribution is 7.89. The first-order valence-electron chi connectivity index (χ1n) is 6.44. The number of rotatable bonds is 9. The van der Waals surface area contributed by atoms with Gasteiger partial charge in [0.1, 0.15) is 12.4 Å². The fraction of sp³-hybridized carbons (Fsp3) is 0.538. The fourth-order valence-corrected chi connectivity index (χ4v) is 2.94. The Morgan fingerprint density at radius 2 is 1.85 bits per heavy atom. The number of nitrogen functional groups attached to an aromatic ring is 1. The van der Waals surface area contributed by atoms with Crippen molar-refractivity contribution < 1.29 is 17.9 Å². The van der Waals surface area contributed by atoms with Crippen LogP contribution in [0.2, 0.25) is 0 Å². The molecule has 20 heavy (non-hydrogen) atoms. The van der Waals surface area contributed by atoms with Crippen LogP contribution in [0.3, 0.4) is 0 Å². The molecule has 2 N–H and O–H groups in total. The van der Waals surface area contributed by atoms with Gasteiger partial charge in [0, 0.05) is 25.9 Å². The van der Waals surface area contributed by atoms with Gasteiger partial charge in [0.15, 0.2) is 0 Å². The molecule has 0 saturated heterocycles. The summed E-state index contributed by atoms with van der Waals surface area (Å²) in [6.07, 6.45) is 0.